The third-order valence-electron chi connectivity index (χ3n) is 2.36. The van der Waals surface area contributed by atoms with Crippen LogP contribution in [0.15, 0.2) is 18.2 Å². The van der Waals surface area contributed by atoms with Crippen molar-refractivity contribution in [2.24, 2.45) is 0 Å². The van der Waals surface area contributed by atoms with Crippen molar-refractivity contribution in [3.05, 3.63) is 35.1 Å². The van der Waals surface area contributed by atoms with Gasteiger partial charge in [-0.15, -0.1) is 10.9 Å². The molecule has 1 aliphatic heterocycles. The normalized spacial score (nSPS) is 12.9. The maximum absolute atomic E-state index is 11.6. The molecule has 3 rings (SSSR count). The van der Waals surface area contributed by atoms with Crippen LogP contribution < -0.4 is 5.32 Å². The zero-order valence-corrected chi connectivity index (χ0v) is 10.2. The molecular weight excluding hydrogens is 287 g/mol. The van der Waals surface area contributed by atoms with E-state index in [1.165, 1.54) is 0 Å². The van der Waals surface area contributed by atoms with E-state index in [0.717, 1.165) is 0 Å². The van der Waals surface area contributed by atoms with Crippen molar-refractivity contribution in [3.63, 3.8) is 0 Å². The molecule has 1 aliphatic rings. The van der Waals surface area contributed by atoms with Crippen molar-refractivity contribution < 1.29 is 21.6 Å². The predicted octanol–water partition coefficient (Wildman–Crippen LogP) is 1.21. The molecule has 89 valence electrons. The van der Waals surface area contributed by atoms with Crippen LogP contribution in [0.2, 0.25) is 5.02 Å². The maximum atomic E-state index is 11.6. The molecule has 0 fully saturated rings. The number of carbonyl (C=O) groups is 1. The average Bonchev–Trinajstić information content (AvgIpc) is 2.64. The number of hydrogen-bond acceptors (Lipinski definition) is 3. The van der Waals surface area contributed by atoms with Gasteiger partial charge in [0.1, 0.15) is 0 Å². The Hall–Kier alpha value is -1.37. The number of nitrogens with one attached hydrogen (secondary N) is 1. The van der Waals surface area contributed by atoms with Crippen LogP contribution in [0.3, 0.4) is 0 Å². The van der Waals surface area contributed by atoms with Gasteiger partial charge in [0, 0.05) is 28.2 Å². The van der Waals surface area contributed by atoms with Gasteiger partial charge in [-0.05, 0) is 18.2 Å². The minimum absolute atomic E-state index is 0. The molecule has 2 aromatic rings. The van der Waals surface area contributed by atoms with E-state index in [-0.39, 0.29) is 29.1 Å². The maximum Gasteiger partial charge on any atom is 0.227 e. The van der Waals surface area contributed by atoms with Crippen LogP contribution in [0, 0.1) is 6.20 Å². The molecule has 2 heterocycles. The summed E-state index contributed by atoms with van der Waals surface area (Å²) >= 11 is 5.92. The van der Waals surface area contributed by atoms with Crippen LogP contribution in [0.5, 0.6) is 0 Å². The summed E-state index contributed by atoms with van der Waals surface area (Å²) in [4.78, 5) is 11.6. The monoisotopic (exact) mass is 292 g/mol. The van der Waals surface area contributed by atoms with E-state index >= 15 is 0 Å². The number of aromatic nitrogens is 3. The van der Waals surface area contributed by atoms with Gasteiger partial charge in [-0.1, -0.05) is 11.6 Å². The van der Waals surface area contributed by atoms with E-state index in [2.05, 4.69) is 21.8 Å². The molecule has 1 aromatic carbocycles. The predicted molar refractivity (Wildman–Crippen MR) is 57.5 cm³/mol. The summed E-state index contributed by atoms with van der Waals surface area (Å²) in [6.07, 6.45) is 2.89. The zero-order chi connectivity index (χ0) is 11.1. The SMILES string of the molecule is O=C1Cc2[c-]nnn2-c2cc(Cl)ccc2N1.[Co]. The van der Waals surface area contributed by atoms with Gasteiger partial charge in [0.2, 0.25) is 5.91 Å². The van der Waals surface area contributed by atoms with E-state index in [4.69, 9.17) is 11.6 Å². The molecule has 0 unspecified atom stereocenters. The topological polar surface area (TPSA) is 59.8 Å². The van der Waals surface area contributed by atoms with E-state index in [0.29, 0.717) is 22.1 Å². The minimum atomic E-state index is -0.110. The molecule has 0 spiro atoms. The molecule has 5 nitrogen and oxygen atoms in total. The van der Waals surface area contributed by atoms with Gasteiger partial charge in [0.25, 0.3) is 0 Å². The second kappa shape index (κ2) is 4.48. The molecule has 0 saturated heterocycles. The molecule has 0 saturated carbocycles. The number of nitrogens with zero attached hydrogens (tertiary/aromatic N) is 3. The van der Waals surface area contributed by atoms with Gasteiger partial charge in [0.05, 0.1) is 11.4 Å². The number of benzene rings is 1. The number of amides is 1. The Morgan fingerprint density at radius 2 is 2.29 bits per heavy atom. The summed E-state index contributed by atoms with van der Waals surface area (Å²) < 4.78 is 1.57. The number of halogens is 1. The van der Waals surface area contributed by atoms with Crippen LogP contribution in [0.1, 0.15) is 5.69 Å². The summed E-state index contributed by atoms with van der Waals surface area (Å²) in [6, 6.07) is 5.19. The van der Waals surface area contributed by atoms with Crippen molar-refractivity contribution in [3.8, 4) is 5.69 Å². The molecule has 1 aromatic heterocycles. The van der Waals surface area contributed by atoms with Crippen molar-refractivity contribution in [2.75, 3.05) is 5.32 Å². The van der Waals surface area contributed by atoms with Crippen LogP contribution in [-0.4, -0.2) is 20.9 Å². The molecule has 1 amide bonds. The summed E-state index contributed by atoms with van der Waals surface area (Å²) in [5.74, 6) is -0.110. The van der Waals surface area contributed by atoms with Crippen LogP contribution >= 0.6 is 11.6 Å². The van der Waals surface area contributed by atoms with E-state index in [9.17, 15) is 4.79 Å². The second-order valence-electron chi connectivity index (χ2n) is 3.45. The van der Waals surface area contributed by atoms with E-state index in [1.807, 2.05) is 0 Å². The minimum Gasteiger partial charge on any atom is -0.351 e. The third-order valence-corrected chi connectivity index (χ3v) is 2.59. The molecule has 0 bridgehead atoms. The Labute approximate surface area is 112 Å². The zero-order valence-electron chi connectivity index (χ0n) is 8.40. The van der Waals surface area contributed by atoms with E-state index in [1.54, 1.807) is 22.9 Å². The summed E-state index contributed by atoms with van der Waals surface area (Å²) in [5.41, 5.74) is 2.01. The number of hydrogen-bond donors (Lipinski definition) is 1. The Balaban J connectivity index is 0.00000108. The van der Waals surface area contributed by atoms with Gasteiger partial charge < -0.3 is 16.6 Å². The van der Waals surface area contributed by atoms with Gasteiger partial charge in [-0.25, -0.2) is 0 Å². The first-order valence-corrected chi connectivity index (χ1v) is 5.04. The van der Waals surface area contributed by atoms with Gasteiger partial charge in [0.15, 0.2) is 0 Å². The molecule has 7 heteroatoms. The number of fused-ring (bicyclic) bond motifs is 3. The third kappa shape index (κ3) is 2.06. The van der Waals surface area contributed by atoms with Crippen LogP contribution in [0.4, 0.5) is 5.69 Å². The van der Waals surface area contributed by atoms with Gasteiger partial charge in [-0.2, -0.15) is 0 Å². The Bertz CT molecular complexity index is 583. The van der Waals surface area contributed by atoms with Crippen LogP contribution in [0.25, 0.3) is 5.69 Å². The van der Waals surface area contributed by atoms with E-state index < -0.39 is 0 Å². The molecular formula is C10H6ClCoN4O-. The Morgan fingerprint density at radius 3 is 3.12 bits per heavy atom. The molecule has 1 N–H and O–H groups in total. The molecule has 17 heavy (non-hydrogen) atoms. The Morgan fingerprint density at radius 1 is 1.47 bits per heavy atom. The fourth-order valence-corrected chi connectivity index (χ4v) is 1.83. The molecule has 1 radical (unpaired) electrons. The second-order valence-corrected chi connectivity index (χ2v) is 3.88. The smallest absolute Gasteiger partial charge is 0.227 e. The first kappa shape index (κ1) is 12.1. The van der Waals surface area contributed by atoms with Gasteiger partial charge >= 0.3 is 0 Å². The quantitative estimate of drug-likeness (QED) is 0.743. The summed E-state index contributed by atoms with van der Waals surface area (Å²) in [5, 5.41) is 10.9. The summed E-state index contributed by atoms with van der Waals surface area (Å²) in [7, 11) is 0. The number of anilines is 1. The van der Waals surface area contributed by atoms with Gasteiger partial charge in [-0.3, -0.25) is 9.48 Å². The largest absolute Gasteiger partial charge is 0.351 e. The Kier molecular flexibility index (Phi) is 3.19. The first-order valence-electron chi connectivity index (χ1n) is 4.66. The molecule has 0 atom stereocenters. The van der Waals surface area contributed by atoms with Crippen molar-refractivity contribution in [1.29, 1.82) is 0 Å². The summed E-state index contributed by atoms with van der Waals surface area (Å²) in [6.45, 7) is 0. The number of rotatable bonds is 0. The van der Waals surface area contributed by atoms with Crippen molar-refractivity contribution in [1.82, 2.24) is 15.0 Å². The molecule has 0 aliphatic carbocycles. The fraction of sp³-hybridized carbons (Fsp3) is 0.100. The van der Waals surface area contributed by atoms with Crippen molar-refractivity contribution >= 4 is 23.2 Å². The van der Waals surface area contributed by atoms with Crippen LogP contribution in [-0.2, 0) is 28.0 Å². The fourth-order valence-electron chi connectivity index (χ4n) is 1.67. The first-order chi connectivity index (χ1) is 7.74. The van der Waals surface area contributed by atoms with Crippen molar-refractivity contribution in [2.45, 2.75) is 6.42 Å². The standard InChI is InChI=1S/C10H6ClN4O.Co/c11-6-1-2-8-9(3-6)15-7(5-12-14-15)4-10(16)13-8;/h1-3H,4H2,(H,13,16);/q-1;. The number of carbonyl (C=O) groups excluding carboxylic acids is 1. The average molecular weight is 293 g/mol.